The fourth-order valence-electron chi connectivity index (χ4n) is 2.46. The number of hydrogen-bond donors (Lipinski definition) is 1. The first-order valence-corrected chi connectivity index (χ1v) is 8.12. The molecule has 2 heterocycles. The molecule has 1 aliphatic rings. The van der Waals surface area contributed by atoms with Crippen molar-refractivity contribution in [3.05, 3.63) is 30.3 Å². The molecule has 1 aromatic heterocycles. The average molecular weight is 326 g/mol. The van der Waals surface area contributed by atoms with Gasteiger partial charge in [0.15, 0.2) is 0 Å². The van der Waals surface area contributed by atoms with Gasteiger partial charge < -0.3 is 5.32 Å². The summed E-state index contributed by atoms with van der Waals surface area (Å²) in [4.78, 5) is 0. The smallest absolute Gasteiger partial charge is 0.214 e. The number of halogens is 1. The van der Waals surface area contributed by atoms with Gasteiger partial charge >= 0.3 is 0 Å². The van der Waals surface area contributed by atoms with E-state index in [2.05, 4.69) is 20.8 Å². The number of hydrogen-bond acceptors (Lipinski definition) is 5. The second-order valence-corrected chi connectivity index (χ2v) is 6.05. The van der Waals surface area contributed by atoms with Crippen LogP contribution in [0.25, 0.3) is 5.69 Å². The Balaban J connectivity index is 0.00000161. The summed E-state index contributed by atoms with van der Waals surface area (Å²) in [6.07, 6.45) is 5.14. The number of benzene rings is 1. The lowest BCUT2D eigenvalue weighted by Gasteiger charge is -2.22. The van der Waals surface area contributed by atoms with E-state index in [1.54, 1.807) is 16.4 Å². The maximum absolute atomic E-state index is 4.12. The number of para-hydroxylation sites is 1. The maximum Gasteiger partial charge on any atom is 0.214 e. The lowest BCUT2D eigenvalue weighted by atomic mass is 10.0. The van der Waals surface area contributed by atoms with Crippen molar-refractivity contribution in [3.63, 3.8) is 0 Å². The van der Waals surface area contributed by atoms with Gasteiger partial charge in [-0.15, -0.1) is 17.5 Å². The van der Waals surface area contributed by atoms with E-state index in [0.29, 0.717) is 6.04 Å². The van der Waals surface area contributed by atoms with Crippen molar-refractivity contribution >= 4 is 24.2 Å². The fraction of sp³-hybridized carbons (Fsp3) is 0.500. The number of nitrogens with one attached hydrogen (secondary N) is 1. The second kappa shape index (κ2) is 8.36. The van der Waals surface area contributed by atoms with Gasteiger partial charge in [0, 0.05) is 11.8 Å². The first-order chi connectivity index (χ1) is 9.93. The van der Waals surface area contributed by atoms with Gasteiger partial charge in [0.2, 0.25) is 5.16 Å². The van der Waals surface area contributed by atoms with E-state index in [1.165, 1.54) is 25.7 Å². The Morgan fingerprint density at radius 1 is 1.24 bits per heavy atom. The van der Waals surface area contributed by atoms with Gasteiger partial charge in [-0.1, -0.05) is 36.4 Å². The Hall–Kier alpha value is -1.11. The number of piperidine rings is 1. The predicted octanol–water partition coefficient (Wildman–Crippen LogP) is 2.71. The highest BCUT2D eigenvalue weighted by Crippen LogP contribution is 2.20. The zero-order chi connectivity index (χ0) is 13.6. The Kier molecular flexibility index (Phi) is 6.48. The molecule has 5 nitrogen and oxygen atoms in total. The van der Waals surface area contributed by atoms with Gasteiger partial charge in [0.1, 0.15) is 0 Å². The average Bonchev–Trinajstić information content (AvgIpc) is 2.98. The van der Waals surface area contributed by atoms with Crippen LogP contribution in [0.2, 0.25) is 0 Å². The van der Waals surface area contributed by atoms with Crippen LogP contribution in [0, 0.1) is 0 Å². The molecule has 0 amide bonds. The van der Waals surface area contributed by atoms with Gasteiger partial charge in [-0.05, 0) is 48.4 Å². The van der Waals surface area contributed by atoms with Crippen LogP contribution in [0.4, 0.5) is 0 Å². The minimum Gasteiger partial charge on any atom is -0.314 e. The number of tetrazole rings is 1. The minimum atomic E-state index is 0. The summed E-state index contributed by atoms with van der Waals surface area (Å²) in [5.41, 5.74) is 1.01. The van der Waals surface area contributed by atoms with Crippen LogP contribution in [0.1, 0.15) is 25.7 Å². The highest BCUT2D eigenvalue weighted by Gasteiger charge is 2.14. The van der Waals surface area contributed by atoms with Crippen molar-refractivity contribution < 1.29 is 0 Å². The quantitative estimate of drug-likeness (QED) is 0.857. The molecule has 21 heavy (non-hydrogen) atoms. The Labute approximate surface area is 135 Å². The summed E-state index contributed by atoms with van der Waals surface area (Å²) in [6, 6.07) is 10.7. The molecule has 2 aromatic rings. The van der Waals surface area contributed by atoms with E-state index in [-0.39, 0.29) is 12.4 Å². The van der Waals surface area contributed by atoms with Crippen LogP contribution in [-0.2, 0) is 0 Å². The summed E-state index contributed by atoms with van der Waals surface area (Å²) in [5.74, 6) is 1.05. The lowest BCUT2D eigenvalue weighted by molar-refractivity contribution is 0.394. The fourth-order valence-corrected chi connectivity index (χ4v) is 3.41. The molecular formula is C14H20ClN5S. The van der Waals surface area contributed by atoms with Crippen molar-refractivity contribution in [2.45, 2.75) is 36.9 Å². The molecule has 114 valence electrons. The molecule has 1 fully saturated rings. The SMILES string of the molecule is Cl.c1ccc(-n2nnnc2SCCC2CCCCN2)cc1. The molecule has 7 heteroatoms. The van der Waals surface area contributed by atoms with E-state index in [9.17, 15) is 0 Å². The predicted molar refractivity (Wildman–Crippen MR) is 87.4 cm³/mol. The molecule has 0 radical (unpaired) electrons. The Bertz CT molecular complexity index is 527. The van der Waals surface area contributed by atoms with E-state index in [1.807, 2.05) is 30.3 Å². The van der Waals surface area contributed by atoms with Crippen molar-refractivity contribution in [3.8, 4) is 5.69 Å². The largest absolute Gasteiger partial charge is 0.314 e. The molecule has 0 aliphatic carbocycles. The number of rotatable bonds is 5. The second-order valence-electron chi connectivity index (χ2n) is 4.99. The maximum atomic E-state index is 4.12. The Morgan fingerprint density at radius 3 is 2.86 bits per heavy atom. The van der Waals surface area contributed by atoms with Crippen LogP contribution >= 0.6 is 24.2 Å². The molecular weight excluding hydrogens is 306 g/mol. The minimum absolute atomic E-state index is 0. The molecule has 0 bridgehead atoms. The lowest BCUT2D eigenvalue weighted by Crippen LogP contribution is -2.34. The van der Waals surface area contributed by atoms with Gasteiger partial charge in [-0.2, -0.15) is 4.68 Å². The third-order valence-electron chi connectivity index (χ3n) is 3.55. The van der Waals surface area contributed by atoms with Crippen molar-refractivity contribution in [1.82, 2.24) is 25.5 Å². The molecule has 1 saturated heterocycles. The highest BCUT2D eigenvalue weighted by atomic mass is 35.5. The summed E-state index contributed by atoms with van der Waals surface area (Å²) >= 11 is 1.73. The van der Waals surface area contributed by atoms with Crippen LogP contribution in [-0.4, -0.2) is 38.5 Å². The Morgan fingerprint density at radius 2 is 2.10 bits per heavy atom. The third-order valence-corrected chi connectivity index (χ3v) is 4.50. The zero-order valence-electron chi connectivity index (χ0n) is 11.8. The zero-order valence-corrected chi connectivity index (χ0v) is 13.4. The molecule has 0 spiro atoms. The van der Waals surface area contributed by atoms with Crippen LogP contribution in [0.15, 0.2) is 35.5 Å². The third kappa shape index (κ3) is 4.43. The van der Waals surface area contributed by atoms with Crippen LogP contribution in [0.3, 0.4) is 0 Å². The summed E-state index contributed by atoms with van der Waals surface area (Å²) in [5, 5.41) is 16.4. The molecule has 1 aromatic carbocycles. The van der Waals surface area contributed by atoms with Crippen molar-refractivity contribution in [2.24, 2.45) is 0 Å². The molecule has 3 rings (SSSR count). The molecule has 0 saturated carbocycles. The standard InChI is InChI=1S/C14H19N5S.ClH/c1-2-7-13(8-3-1)19-14(16-17-18-19)20-11-9-12-6-4-5-10-15-12;/h1-3,7-8,12,15H,4-6,9-11H2;1H. The topological polar surface area (TPSA) is 55.6 Å². The van der Waals surface area contributed by atoms with Gasteiger partial charge in [-0.25, -0.2) is 0 Å². The normalized spacial score (nSPS) is 18.2. The van der Waals surface area contributed by atoms with Gasteiger partial charge in [0.25, 0.3) is 0 Å². The van der Waals surface area contributed by atoms with E-state index >= 15 is 0 Å². The van der Waals surface area contributed by atoms with Crippen molar-refractivity contribution in [2.75, 3.05) is 12.3 Å². The molecule has 1 atom stereocenters. The molecule has 1 unspecified atom stereocenters. The first-order valence-electron chi connectivity index (χ1n) is 7.13. The number of aromatic nitrogens is 4. The first kappa shape index (κ1) is 16.3. The monoisotopic (exact) mass is 325 g/mol. The summed E-state index contributed by atoms with van der Waals surface area (Å²) in [6.45, 7) is 1.16. The van der Waals surface area contributed by atoms with Crippen molar-refractivity contribution in [1.29, 1.82) is 0 Å². The van der Waals surface area contributed by atoms with E-state index < -0.39 is 0 Å². The van der Waals surface area contributed by atoms with Gasteiger partial charge in [-0.3, -0.25) is 0 Å². The summed E-state index contributed by atoms with van der Waals surface area (Å²) in [7, 11) is 0. The molecule has 1 N–H and O–H groups in total. The van der Waals surface area contributed by atoms with E-state index in [0.717, 1.165) is 23.1 Å². The number of nitrogens with zero attached hydrogens (tertiary/aromatic N) is 4. The molecule has 1 aliphatic heterocycles. The van der Waals surface area contributed by atoms with Gasteiger partial charge in [0.05, 0.1) is 5.69 Å². The summed E-state index contributed by atoms with van der Waals surface area (Å²) < 4.78 is 1.80. The van der Waals surface area contributed by atoms with Crippen LogP contribution in [0.5, 0.6) is 0 Å². The van der Waals surface area contributed by atoms with E-state index in [4.69, 9.17) is 0 Å². The number of thioether (sulfide) groups is 1. The highest BCUT2D eigenvalue weighted by molar-refractivity contribution is 7.99. The van der Waals surface area contributed by atoms with Crippen LogP contribution < -0.4 is 5.32 Å².